The van der Waals surface area contributed by atoms with E-state index in [1.807, 2.05) is 5.92 Å². The van der Waals surface area contributed by atoms with Crippen LogP contribution in [0, 0.1) is 19.3 Å². The fourth-order valence-electron chi connectivity index (χ4n) is 5.55. The summed E-state index contributed by atoms with van der Waals surface area (Å²) in [5.41, 5.74) is -2.10. The first-order valence-electron chi connectivity index (χ1n) is 14.3. The van der Waals surface area contributed by atoms with Crippen LogP contribution in [-0.2, 0) is 32.4 Å². The van der Waals surface area contributed by atoms with Gasteiger partial charge in [0.2, 0.25) is 5.95 Å². The van der Waals surface area contributed by atoms with Crippen molar-refractivity contribution in [1.82, 2.24) is 39.0 Å². The van der Waals surface area contributed by atoms with Gasteiger partial charge in [0.1, 0.15) is 0 Å². The van der Waals surface area contributed by atoms with E-state index < -0.39 is 46.7 Å². The van der Waals surface area contributed by atoms with Crippen LogP contribution in [0.1, 0.15) is 51.1 Å². The van der Waals surface area contributed by atoms with Crippen LogP contribution in [0.25, 0.3) is 22.9 Å². The average molecular weight is 667 g/mol. The number of aryl methyl sites for hydroxylation is 2. The van der Waals surface area contributed by atoms with E-state index in [0.717, 1.165) is 21.4 Å². The second kappa shape index (κ2) is 11.5. The smallest absolute Gasteiger partial charge is 0.330 e. The molecule has 1 amide bonds. The van der Waals surface area contributed by atoms with Gasteiger partial charge in [-0.3, -0.25) is 19.3 Å². The number of aromatic nitrogens is 7. The minimum absolute atomic E-state index is 0.00765. The molecule has 0 saturated heterocycles. The number of rotatable bonds is 4. The molecular weight excluding hydrogens is 642 g/mol. The van der Waals surface area contributed by atoms with Crippen molar-refractivity contribution in [2.24, 2.45) is 7.05 Å². The van der Waals surface area contributed by atoms with E-state index in [1.54, 1.807) is 43.2 Å². The van der Waals surface area contributed by atoms with Crippen molar-refractivity contribution in [1.29, 1.82) is 0 Å². The quantitative estimate of drug-likeness (QED) is 0.195. The molecule has 0 spiro atoms. The molecule has 0 N–H and O–H groups in total. The zero-order valence-corrected chi connectivity index (χ0v) is 25.4. The third-order valence-corrected chi connectivity index (χ3v) is 7.96. The van der Waals surface area contributed by atoms with Crippen molar-refractivity contribution < 1.29 is 31.1 Å². The zero-order valence-electron chi connectivity index (χ0n) is 25.4. The maximum Gasteiger partial charge on any atom is 0.435 e. The highest BCUT2D eigenvalue weighted by atomic mass is 19.4. The fraction of sp³-hybridized carbons (Fsp3) is 0.250. The Morgan fingerprint density at radius 2 is 1.79 bits per heavy atom. The summed E-state index contributed by atoms with van der Waals surface area (Å²) < 4.78 is 85.6. The van der Waals surface area contributed by atoms with E-state index in [9.17, 15) is 35.9 Å². The lowest BCUT2D eigenvalue weighted by atomic mass is 9.97. The standard InChI is InChI=1S/C32H24F6N8O2/c1-5-19-6-7-20(12-24(19)31(33,34)35)28(47)44-16-26-23(10-17(44)2)29(48)45(22-8-9-25(39-14-22)21-13-40-43(4)15-21)30(41-26)46-18(3)11-27(42-46)32(36,37)38/h1,6-9,11-15,17H,10,16H2,2-4H3. The topological polar surface area (TPSA) is 104 Å². The molecule has 0 radical (unpaired) electrons. The molecule has 1 aliphatic heterocycles. The lowest BCUT2D eigenvalue weighted by Gasteiger charge is -2.34. The van der Waals surface area contributed by atoms with E-state index in [1.165, 1.54) is 24.1 Å². The van der Waals surface area contributed by atoms with Crippen molar-refractivity contribution in [3.05, 3.63) is 105 Å². The van der Waals surface area contributed by atoms with Crippen LogP contribution in [-0.4, -0.2) is 50.9 Å². The molecule has 1 aliphatic rings. The van der Waals surface area contributed by atoms with Gasteiger partial charge in [0.25, 0.3) is 11.5 Å². The number of carbonyl (C=O) groups excluding carboxylic acids is 1. The van der Waals surface area contributed by atoms with Crippen LogP contribution >= 0.6 is 0 Å². The Kier molecular flexibility index (Phi) is 7.73. The Balaban J connectivity index is 1.47. The summed E-state index contributed by atoms with van der Waals surface area (Å²) >= 11 is 0. The Labute approximate surface area is 268 Å². The monoisotopic (exact) mass is 666 g/mol. The number of alkyl halides is 6. The highest BCUT2D eigenvalue weighted by Gasteiger charge is 2.38. The molecule has 0 bridgehead atoms. The van der Waals surface area contributed by atoms with Gasteiger partial charge in [-0.2, -0.15) is 36.5 Å². The summed E-state index contributed by atoms with van der Waals surface area (Å²) in [6.45, 7) is 2.66. The maximum absolute atomic E-state index is 14.2. The van der Waals surface area contributed by atoms with Gasteiger partial charge in [-0.25, -0.2) is 14.2 Å². The largest absolute Gasteiger partial charge is 0.435 e. The minimum atomic E-state index is -4.82. The van der Waals surface area contributed by atoms with E-state index in [0.29, 0.717) is 17.3 Å². The van der Waals surface area contributed by atoms with Gasteiger partial charge in [-0.05, 0) is 56.7 Å². The summed E-state index contributed by atoms with van der Waals surface area (Å²) in [4.78, 5) is 38.0. The second-order valence-electron chi connectivity index (χ2n) is 11.3. The third-order valence-electron chi connectivity index (χ3n) is 7.96. The highest BCUT2D eigenvalue weighted by molar-refractivity contribution is 5.95. The maximum atomic E-state index is 14.2. The van der Waals surface area contributed by atoms with Crippen LogP contribution in [0.15, 0.2) is 59.8 Å². The van der Waals surface area contributed by atoms with Crippen molar-refractivity contribution in [2.75, 3.05) is 0 Å². The first-order chi connectivity index (χ1) is 22.6. The molecule has 48 heavy (non-hydrogen) atoms. The molecule has 0 saturated carbocycles. The molecule has 16 heteroatoms. The van der Waals surface area contributed by atoms with E-state index in [-0.39, 0.29) is 47.1 Å². The van der Waals surface area contributed by atoms with Crippen LogP contribution in [0.5, 0.6) is 0 Å². The summed E-state index contributed by atoms with van der Waals surface area (Å²) in [6, 6.07) is 6.18. The van der Waals surface area contributed by atoms with Crippen molar-refractivity contribution >= 4 is 5.91 Å². The van der Waals surface area contributed by atoms with Crippen LogP contribution in [0.4, 0.5) is 26.3 Å². The first kappa shape index (κ1) is 32.2. The third kappa shape index (κ3) is 5.72. The second-order valence-corrected chi connectivity index (χ2v) is 11.3. The summed E-state index contributed by atoms with van der Waals surface area (Å²) in [7, 11) is 1.73. The van der Waals surface area contributed by atoms with Crippen molar-refractivity contribution in [3.63, 3.8) is 0 Å². The average Bonchev–Trinajstić information content (AvgIpc) is 3.65. The lowest BCUT2D eigenvalue weighted by Crippen LogP contribution is -2.46. The van der Waals surface area contributed by atoms with Gasteiger partial charge in [0, 0.05) is 47.2 Å². The van der Waals surface area contributed by atoms with E-state index in [4.69, 9.17) is 6.42 Å². The minimum Gasteiger partial charge on any atom is -0.330 e. The number of amides is 1. The molecule has 246 valence electrons. The molecule has 0 fully saturated rings. The molecular formula is C32H24F6N8O2. The molecule has 1 atom stereocenters. The number of fused-ring (bicyclic) bond motifs is 1. The van der Waals surface area contributed by atoms with Gasteiger partial charge in [-0.15, -0.1) is 6.42 Å². The van der Waals surface area contributed by atoms with Crippen molar-refractivity contribution in [3.8, 4) is 35.2 Å². The summed E-state index contributed by atoms with van der Waals surface area (Å²) in [6.07, 6.45) is 0.252. The van der Waals surface area contributed by atoms with Gasteiger partial charge in [0.15, 0.2) is 5.69 Å². The predicted octanol–water partition coefficient (Wildman–Crippen LogP) is 5.13. The number of hydrogen-bond acceptors (Lipinski definition) is 6. The number of terminal acetylenes is 1. The normalized spacial score (nSPS) is 14.9. The number of benzene rings is 1. The number of carbonyl (C=O) groups is 1. The molecule has 0 aliphatic carbocycles. The molecule has 1 unspecified atom stereocenters. The summed E-state index contributed by atoms with van der Waals surface area (Å²) in [5.74, 6) is 0.884. The number of nitrogens with zero attached hydrogens (tertiary/aromatic N) is 8. The predicted molar refractivity (Wildman–Crippen MR) is 159 cm³/mol. The molecule has 4 aromatic heterocycles. The molecule has 5 aromatic rings. The summed E-state index contributed by atoms with van der Waals surface area (Å²) in [5, 5.41) is 7.81. The van der Waals surface area contributed by atoms with Gasteiger partial charge in [0.05, 0.1) is 41.6 Å². The molecule has 10 nitrogen and oxygen atoms in total. The Morgan fingerprint density at radius 3 is 2.38 bits per heavy atom. The molecule has 6 rings (SSSR count). The SMILES string of the molecule is C#Cc1ccc(C(=O)N2Cc3nc(-n4nc(C(F)(F)F)cc4C)n(-c4ccc(-c5cnn(C)c5)nc4)c(=O)c3CC2C)cc1C(F)(F)F. The van der Waals surface area contributed by atoms with Crippen molar-refractivity contribution in [2.45, 2.75) is 45.2 Å². The van der Waals surface area contributed by atoms with Gasteiger partial charge in [-0.1, -0.05) is 5.92 Å². The van der Waals surface area contributed by atoms with Crippen LogP contribution < -0.4 is 5.56 Å². The zero-order chi connectivity index (χ0) is 34.7. The molecule has 1 aromatic carbocycles. The number of hydrogen-bond donors (Lipinski definition) is 0. The van der Waals surface area contributed by atoms with Gasteiger partial charge >= 0.3 is 12.4 Å². The Morgan fingerprint density at radius 1 is 1.04 bits per heavy atom. The van der Waals surface area contributed by atoms with E-state index >= 15 is 0 Å². The van der Waals surface area contributed by atoms with Crippen LogP contribution in [0.2, 0.25) is 0 Å². The van der Waals surface area contributed by atoms with Crippen LogP contribution in [0.3, 0.4) is 0 Å². The lowest BCUT2D eigenvalue weighted by molar-refractivity contribution is -0.141. The first-order valence-corrected chi connectivity index (χ1v) is 14.3. The van der Waals surface area contributed by atoms with E-state index in [2.05, 4.69) is 20.2 Å². The Bertz CT molecular complexity index is 2170. The Hall–Kier alpha value is -5.72. The molecule has 5 heterocycles. The highest BCUT2D eigenvalue weighted by Crippen LogP contribution is 2.34. The van der Waals surface area contributed by atoms with Gasteiger partial charge < -0.3 is 4.90 Å². The number of halogens is 6. The fourth-order valence-corrected chi connectivity index (χ4v) is 5.55. The number of pyridine rings is 1.